The average Bonchev–Trinajstić information content (AvgIpc) is 2.92. The van der Waals surface area contributed by atoms with E-state index in [-0.39, 0.29) is 0 Å². The monoisotopic (exact) mass is 344 g/mol. The van der Waals surface area contributed by atoms with Crippen LogP contribution in [0.2, 0.25) is 0 Å². The van der Waals surface area contributed by atoms with Crippen molar-refractivity contribution < 1.29 is 8.42 Å². The molecule has 0 aliphatic carbocycles. The van der Waals surface area contributed by atoms with Crippen LogP contribution in [0.5, 0.6) is 0 Å². The molecule has 0 radical (unpaired) electrons. The lowest BCUT2D eigenvalue weighted by molar-refractivity contribution is 0.447. The minimum absolute atomic E-state index is 0.426. The maximum atomic E-state index is 12.7. The molecule has 0 amide bonds. The second-order valence-electron chi connectivity index (χ2n) is 5.41. The number of rotatable bonds is 2. The summed E-state index contributed by atoms with van der Waals surface area (Å²) in [6.45, 7) is 5.01. The van der Waals surface area contributed by atoms with E-state index in [0.29, 0.717) is 29.8 Å². The molecule has 2 saturated heterocycles. The molecule has 0 unspecified atom stereocenters. The third kappa shape index (κ3) is 2.35. The first kappa shape index (κ1) is 13.5. The Labute approximate surface area is 122 Å². The lowest BCUT2D eigenvalue weighted by Crippen LogP contribution is -2.32. The molecule has 1 aromatic rings. The molecule has 0 saturated carbocycles. The number of aryl methyl sites for hydroxylation is 1. The van der Waals surface area contributed by atoms with E-state index in [1.54, 1.807) is 10.4 Å². The highest BCUT2D eigenvalue weighted by atomic mass is 79.9. The maximum absolute atomic E-state index is 12.7. The van der Waals surface area contributed by atoms with Crippen LogP contribution in [0.1, 0.15) is 5.56 Å². The molecule has 2 aliphatic heterocycles. The van der Waals surface area contributed by atoms with Gasteiger partial charge in [-0.3, -0.25) is 0 Å². The van der Waals surface area contributed by atoms with Gasteiger partial charge in [0.1, 0.15) is 0 Å². The summed E-state index contributed by atoms with van der Waals surface area (Å²) in [5, 5.41) is 3.33. The van der Waals surface area contributed by atoms with Crippen LogP contribution in [0, 0.1) is 18.8 Å². The van der Waals surface area contributed by atoms with E-state index in [2.05, 4.69) is 21.2 Å². The Morgan fingerprint density at radius 1 is 1.26 bits per heavy atom. The zero-order valence-electron chi connectivity index (χ0n) is 10.8. The molecule has 1 aromatic carbocycles. The molecule has 2 fully saturated rings. The van der Waals surface area contributed by atoms with Gasteiger partial charge in [0.15, 0.2) is 0 Å². The molecule has 4 nitrogen and oxygen atoms in total. The Morgan fingerprint density at radius 3 is 2.53 bits per heavy atom. The fraction of sp³-hybridized carbons (Fsp3) is 0.538. The number of hydrogen-bond acceptors (Lipinski definition) is 3. The molecule has 2 atom stereocenters. The summed E-state index contributed by atoms with van der Waals surface area (Å²) in [6.07, 6.45) is 0. The summed E-state index contributed by atoms with van der Waals surface area (Å²) in [5.74, 6) is 0.949. The van der Waals surface area contributed by atoms with Crippen molar-refractivity contribution in [2.45, 2.75) is 11.8 Å². The fourth-order valence-corrected chi connectivity index (χ4v) is 5.32. The smallest absolute Gasteiger partial charge is 0.243 e. The van der Waals surface area contributed by atoms with Crippen molar-refractivity contribution in [3.05, 3.63) is 28.2 Å². The minimum atomic E-state index is -3.36. The summed E-state index contributed by atoms with van der Waals surface area (Å²) >= 11 is 3.35. The SMILES string of the molecule is Cc1ccc(Br)cc1S(=O)(=O)N1C[C@H]2CNC[C@H]2C1. The Balaban J connectivity index is 1.93. The molecule has 19 heavy (non-hydrogen) atoms. The van der Waals surface area contributed by atoms with Crippen LogP contribution in [0.15, 0.2) is 27.6 Å². The third-order valence-electron chi connectivity index (χ3n) is 4.12. The zero-order chi connectivity index (χ0) is 13.6. The van der Waals surface area contributed by atoms with Crippen molar-refractivity contribution in [2.75, 3.05) is 26.2 Å². The van der Waals surface area contributed by atoms with Crippen molar-refractivity contribution in [1.82, 2.24) is 9.62 Å². The van der Waals surface area contributed by atoms with Crippen molar-refractivity contribution >= 4 is 26.0 Å². The molecule has 0 aromatic heterocycles. The first-order valence-electron chi connectivity index (χ1n) is 6.45. The predicted octanol–water partition coefficient (Wildman–Crippen LogP) is 1.60. The topological polar surface area (TPSA) is 49.4 Å². The van der Waals surface area contributed by atoms with E-state index in [1.807, 2.05) is 19.1 Å². The largest absolute Gasteiger partial charge is 0.316 e. The zero-order valence-corrected chi connectivity index (χ0v) is 13.2. The number of nitrogens with zero attached hydrogens (tertiary/aromatic N) is 1. The van der Waals surface area contributed by atoms with Crippen LogP contribution in [-0.4, -0.2) is 38.9 Å². The Hall–Kier alpha value is -0.430. The summed E-state index contributed by atoms with van der Waals surface area (Å²) in [6, 6.07) is 5.42. The quantitative estimate of drug-likeness (QED) is 0.886. The third-order valence-corrected chi connectivity index (χ3v) is 6.59. The van der Waals surface area contributed by atoms with E-state index in [4.69, 9.17) is 0 Å². The lowest BCUT2D eigenvalue weighted by Gasteiger charge is -2.19. The number of nitrogens with one attached hydrogen (secondary N) is 1. The molecule has 2 aliphatic rings. The number of sulfonamides is 1. The molecular formula is C13H17BrN2O2S. The van der Waals surface area contributed by atoms with Gasteiger partial charge in [-0.05, 0) is 49.5 Å². The van der Waals surface area contributed by atoms with Gasteiger partial charge in [-0.25, -0.2) is 8.42 Å². The minimum Gasteiger partial charge on any atom is -0.316 e. The average molecular weight is 345 g/mol. The van der Waals surface area contributed by atoms with Gasteiger partial charge in [-0.1, -0.05) is 22.0 Å². The highest BCUT2D eigenvalue weighted by molar-refractivity contribution is 9.10. The van der Waals surface area contributed by atoms with Gasteiger partial charge in [0, 0.05) is 17.6 Å². The van der Waals surface area contributed by atoms with Crippen LogP contribution >= 0.6 is 15.9 Å². The second kappa shape index (κ2) is 4.84. The van der Waals surface area contributed by atoms with Gasteiger partial charge < -0.3 is 5.32 Å². The molecular weight excluding hydrogens is 328 g/mol. The van der Waals surface area contributed by atoms with Crippen molar-refractivity contribution in [2.24, 2.45) is 11.8 Å². The number of hydrogen-bond donors (Lipinski definition) is 1. The summed E-state index contributed by atoms with van der Waals surface area (Å²) < 4.78 is 27.9. The van der Waals surface area contributed by atoms with Crippen LogP contribution in [0.4, 0.5) is 0 Å². The molecule has 2 heterocycles. The molecule has 0 spiro atoms. The Bertz CT molecular complexity index is 591. The lowest BCUT2D eigenvalue weighted by atomic mass is 10.0. The van der Waals surface area contributed by atoms with Gasteiger partial charge in [-0.2, -0.15) is 4.31 Å². The van der Waals surface area contributed by atoms with Crippen molar-refractivity contribution in [3.8, 4) is 0 Å². The van der Waals surface area contributed by atoms with Crippen molar-refractivity contribution in [3.63, 3.8) is 0 Å². The summed E-state index contributed by atoms with van der Waals surface area (Å²) in [5.41, 5.74) is 0.804. The second-order valence-corrected chi connectivity index (χ2v) is 8.23. The highest BCUT2D eigenvalue weighted by Crippen LogP contribution is 2.32. The standard InChI is InChI=1S/C13H17BrN2O2S/c1-9-2-3-12(14)4-13(9)19(17,18)16-7-10-5-15-6-11(10)8-16/h2-4,10-11,15H,5-8H2,1H3/t10-,11+. The number of fused-ring (bicyclic) bond motifs is 1. The maximum Gasteiger partial charge on any atom is 0.243 e. The number of halogens is 1. The first-order chi connectivity index (χ1) is 8.98. The molecule has 6 heteroatoms. The predicted molar refractivity (Wildman–Crippen MR) is 77.5 cm³/mol. The fourth-order valence-electron chi connectivity index (χ4n) is 3.00. The van der Waals surface area contributed by atoms with Crippen LogP contribution in [0.3, 0.4) is 0 Å². The van der Waals surface area contributed by atoms with Crippen LogP contribution < -0.4 is 5.32 Å². The number of benzene rings is 1. The molecule has 1 N–H and O–H groups in total. The molecule has 0 bridgehead atoms. The summed E-state index contributed by atoms with van der Waals surface area (Å²) in [4.78, 5) is 0.426. The van der Waals surface area contributed by atoms with E-state index in [0.717, 1.165) is 23.1 Å². The van der Waals surface area contributed by atoms with E-state index >= 15 is 0 Å². The molecule has 3 rings (SSSR count). The van der Waals surface area contributed by atoms with Gasteiger partial charge in [-0.15, -0.1) is 0 Å². The summed E-state index contributed by atoms with van der Waals surface area (Å²) in [7, 11) is -3.36. The molecule has 104 valence electrons. The highest BCUT2D eigenvalue weighted by Gasteiger charge is 2.41. The normalized spacial score (nSPS) is 27.7. The Kier molecular flexibility index (Phi) is 3.45. The van der Waals surface area contributed by atoms with Gasteiger partial charge in [0.25, 0.3) is 0 Å². The van der Waals surface area contributed by atoms with Crippen molar-refractivity contribution in [1.29, 1.82) is 0 Å². The van der Waals surface area contributed by atoms with Gasteiger partial charge in [0.05, 0.1) is 4.90 Å². The van der Waals surface area contributed by atoms with Crippen LogP contribution in [0.25, 0.3) is 0 Å². The van der Waals surface area contributed by atoms with Gasteiger partial charge >= 0.3 is 0 Å². The first-order valence-corrected chi connectivity index (χ1v) is 8.69. The van der Waals surface area contributed by atoms with Crippen LogP contribution in [-0.2, 0) is 10.0 Å². The van der Waals surface area contributed by atoms with E-state index in [9.17, 15) is 8.42 Å². The van der Waals surface area contributed by atoms with Gasteiger partial charge in [0.2, 0.25) is 10.0 Å². The Morgan fingerprint density at radius 2 is 1.89 bits per heavy atom. The van der Waals surface area contributed by atoms with E-state index in [1.165, 1.54) is 0 Å². The van der Waals surface area contributed by atoms with E-state index < -0.39 is 10.0 Å².